The van der Waals surface area contributed by atoms with Crippen molar-refractivity contribution in [1.82, 2.24) is 10.2 Å². The monoisotopic (exact) mass is 322 g/mol. The summed E-state index contributed by atoms with van der Waals surface area (Å²) in [5, 5.41) is 12.9. The van der Waals surface area contributed by atoms with Crippen molar-refractivity contribution in [2.75, 3.05) is 26.2 Å². The second-order valence-electron chi connectivity index (χ2n) is 6.61. The average Bonchev–Trinajstić information content (AvgIpc) is 2.94. The molecule has 0 aromatic heterocycles. The van der Waals surface area contributed by atoms with E-state index in [0.29, 0.717) is 19.6 Å². The van der Waals surface area contributed by atoms with Gasteiger partial charge in [0.05, 0.1) is 0 Å². The van der Waals surface area contributed by atoms with Crippen molar-refractivity contribution in [2.45, 2.75) is 31.1 Å². The molecule has 1 heterocycles. The molecule has 0 spiro atoms. The number of nitrogens with one attached hydrogen (secondary N) is 1. The Kier molecular flexibility index (Phi) is 4.59. The van der Waals surface area contributed by atoms with E-state index in [2.05, 4.69) is 11.4 Å². The molecular formula is C17H23ClN2O2. The van der Waals surface area contributed by atoms with Crippen LogP contribution in [0, 0.1) is 5.92 Å². The number of aliphatic hydroxyl groups is 1. The second-order valence-corrected chi connectivity index (χ2v) is 7.05. The summed E-state index contributed by atoms with van der Waals surface area (Å²) in [5.41, 5.74) is 1.25. The second kappa shape index (κ2) is 6.47. The molecule has 2 N–H and O–H groups in total. The molecule has 1 aromatic carbocycles. The normalized spacial score (nSPS) is 20.7. The van der Waals surface area contributed by atoms with Gasteiger partial charge in [0.25, 0.3) is 0 Å². The third kappa shape index (κ3) is 3.08. The zero-order valence-corrected chi connectivity index (χ0v) is 13.5. The maximum Gasteiger partial charge on any atom is 0.317 e. The van der Waals surface area contributed by atoms with Crippen molar-refractivity contribution < 1.29 is 9.90 Å². The highest BCUT2D eigenvalue weighted by Gasteiger charge is 2.37. The molecule has 3 rings (SSSR count). The molecule has 1 aliphatic heterocycles. The molecule has 1 aromatic rings. The van der Waals surface area contributed by atoms with E-state index in [-0.39, 0.29) is 24.0 Å². The van der Waals surface area contributed by atoms with Crippen molar-refractivity contribution in [3.05, 3.63) is 34.9 Å². The van der Waals surface area contributed by atoms with Crippen LogP contribution in [-0.2, 0) is 5.41 Å². The van der Waals surface area contributed by atoms with Crippen LogP contribution in [0.25, 0.3) is 0 Å². The molecule has 2 fully saturated rings. The number of nitrogens with zero attached hydrogens (tertiary/aromatic N) is 1. The van der Waals surface area contributed by atoms with Crippen LogP contribution < -0.4 is 5.32 Å². The van der Waals surface area contributed by atoms with Crippen LogP contribution in [0.2, 0.25) is 5.02 Å². The molecule has 1 aliphatic carbocycles. The Hall–Kier alpha value is -1.26. The van der Waals surface area contributed by atoms with Gasteiger partial charge in [-0.1, -0.05) is 36.6 Å². The maximum atomic E-state index is 12.2. The maximum absolute atomic E-state index is 12.2. The molecule has 2 amide bonds. The van der Waals surface area contributed by atoms with Gasteiger partial charge in [-0.15, -0.1) is 0 Å². The highest BCUT2D eigenvalue weighted by molar-refractivity contribution is 6.30. The SMILES string of the molecule is O=C(NCC1(c2cccc(Cl)c2)CCCC1)N1CC(CO)C1. The molecular weight excluding hydrogens is 300 g/mol. The summed E-state index contributed by atoms with van der Waals surface area (Å²) in [7, 11) is 0. The Morgan fingerprint density at radius 2 is 2.09 bits per heavy atom. The first-order valence-corrected chi connectivity index (χ1v) is 8.40. The molecule has 0 radical (unpaired) electrons. The molecule has 1 saturated heterocycles. The van der Waals surface area contributed by atoms with Crippen LogP contribution in [-0.4, -0.2) is 42.3 Å². The van der Waals surface area contributed by atoms with Gasteiger partial charge in [0.15, 0.2) is 0 Å². The van der Waals surface area contributed by atoms with Gasteiger partial charge < -0.3 is 15.3 Å². The van der Waals surface area contributed by atoms with Gasteiger partial charge in [0.2, 0.25) is 0 Å². The van der Waals surface area contributed by atoms with Crippen LogP contribution in [0.15, 0.2) is 24.3 Å². The van der Waals surface area contributed by atoms with Gasteiger partial charge in [-0.05, 0) is 30.5 Å². The van der Waals surface area contributed by atoms with Crippen LogP contribution in [0.1, 0.15) is 31.2 Å². The number of halogens is 1. The number of carbonyl (C=O) groups excluding carboxylic acids is 1. The first-order chi connectivity index (χ1) is 10.6. The van der Waals surface area contributed by atoms with Crippen molar-refractivity contribution in [3.63, 3.8) is 0 Å². The van der Waals surface area contributed by atoms with Crippen molar-refractivity contribution in [1.29, 1.82) is 0 Å². The summed E-state index contributed by atoms with van der Waals surface area (Å²) in [4.78, 5) is 14.0. The summed E-state index contributed by atoms with van der Waals surface area (Å²) < 4.78 is 0. The molecule has 5 heteroatoms. The Balaban J connectivity index is 1.64. The summed E-state index contributed by atoms with van der Waals surface area (Å²) >= 11 is 6.14. The van der Waals surface area contributed by atoms with Crippen LogP contribution in [0.3, 0.4) is 0 Å². The number of hydrogen-bond acceptors (Lipinski definition) is 2. The average molecular weight is 323 g/mol. The number of amides is 2. The molecule has 1 saturated carbocycles. The number of likely N-dealkylation sites (tertiary alicyclic amines) is 1. The summed E-state index contributed by atoms with van der Waals surface area (Å²) in [6, 6.07) is 8.01. The molecule has 0 bridgehead atoms. The fourth-order valence-electron chi connectivity index (χ4n) is 3.65. The minimum atomic E-state index is -0.0157. The van der Waals surface area contributed by atoms with E-state index in [1.54, 1.807) is 4.90 Å². The third-order valence-electron chi connectivity index (χ3n) is 5.08. The van der Waals surface area contributed by atoms with Crippen molar-refractivity contribution in [3.8, 4) is 0 Å². The van der Waals surface area contributed by atoms with Gasteiger partial charge in [0, 0.05) is 42.6 Å². The number of benzene rings is 1. The molecule has 120 valence electrons. The lowest BCUT2D eigenvalue weighted by atomic mass is 9.79. The number of aliphatic hydroxyl groups excluding tert-OH is 1. The molecule has 0 atom stereocenters. The fraction of sp³-hybridized carbons (Fsp3) is 0.588. The van der Waals surface area contributed by atoms with E-state index in [1.165, 1.54) is 18.4 Å². The smallest absolute Gasteiger partial charge is 0.317 e. The highest BCUT2D eigenvalue weighted by atomic mass is 35.5. The van der Waals surface area contributed by atoms with Crippen molar-refractivity contribution >= 4 is 17.6 Å². The van der Waals surface area contributed by atoms with Gasteiger partial charge in [-0.3, -0.25) is 0 Å². The highest BCUT2D eigenvalue weighted by Crippen LogP contribution is 2.41. The Bertz CT molecular complexity index is 537. The van der Waals surface area contributed by atoms with E-state index in [1.807, 2.05) is 18.2 Å². The Morgan fingerprint density at radius 3 is 2.73 bits per heavy atom. The van der Waals surface area contributed by atoms with E-state index < -0.39 is 0 Å². The summed E-state index contributed by atoms with van der Waals surface area (Å²) in [6.07, 6.45) is 4.57. The first kappa shape index (κ1) is 15.6. The minimum Gasteiger partial charge on any atom is -0.396 e. The Morgan fingerprint density at radius 1 is 1.36 bits per heavy atom. The summed E-state index contributed by atoms with van der Waals surface area (Å²) in [5.74, 6) is 0.249. The number of hydrogen-bond donors (Lipinski definition) is 2. The fourth-order valence-corrected chi connectivity index (χ4v) is 3.84. The largest absolute Gasteiger partial charge is 0.396 e. The van der Waals surface area contributed by atoms with Gasteiger partial charge in [0.1, 0.15) is 0 Å². The predicted octanol–water partition coefficient (Wildman–Crippen LogP) is 2.79. The van der Waals surface area contributed by atoms with E-state index in [4.69, 9.17) is 16.7 Å². The van der Waals surface area contributed by atoms with Gasteiger partial charge in [-0.25, -0.2) is 4.79 Å². The molecule has 2 aliphatic rings. The first-order valence-electron chi connectivity index (χ1n) is 8.03. The topological polar surface area (TPSA) is 52.6 Å². The zero-order valence-electron chi connectivity index (χ0n) is 12.7. The van der Waals surface area contributed by atoms with E-state index in [0.717, 1.165) is 17.9 Å². The lowest BCUT2D eigenvalue weighted by Gasteiger charge is -2.39. The molecule has 4 nitrogen and oxygen atoms in total. The van der Waals surface area contributed by atoms with Crippen LogP contribution in [0.4, 0.5) is 4.79 Å². The number of carbonyl (C=O) groups is 1. The van der Waals surface area contributed by atoms with Crippen molar-refractivity contribution in [2.24, 2.45) is 5.92 Å². The van der Waals surface area contributed by atoms with E-state index in [9.17, 15) is 4.79 Å². The minimum absolute atomic E-state index is 0.0157. The van der Waals surface area contributed by atoms with Gasteiger partial charge in [-0.2, -0.15) is 0 Å². The van der Waals surface area contributed by atoms with Crippen LogP contribution >= 0.6 is 11.6 Å². The number of rotatable bonds is 4. The zero-order chi connectivity index (χ0) is 15.6. The third-order valence-corrected chi connectivity index (χ3v) is 5.31. The Labute approximate surface area is 136 Å². The van der Waals surface area contributed by atoms with Gasteiger partial charge >= 0.3 is 6.03 Å². The number of urea groups is 1. The summed E-state index contributed by atoms with van der Waals surface area (Å²) in [6.45, 7) is 2.14. The lowest BCUT2D eigenvalue weighted by molar-refractivity contribution is 0.0768. The predicted molar refractivity (Wildman–Crippen MR) is 87.1 cm³/mol. The molecule has 0 unspecified atom stereocenters. The van der Waals surface area contributed by atoms with Crippen LogP contribution in [0.5, 0.6) is 0 Å². The quantitative estimate of drug-likeness (QED) is 0.895. The lowest BCUT2D eigenvalue weighted by Crippen LogP contribution is -2.56. The standard InChI is InChI=1S/C17H23ClN2O2/c18-15-5-3-4-14(8-15)17(6-1-2-7-17)12-19-16(22)20-9-13(10-20)11-21/h3-5,8,13,21H,1-2,6-7,9-12H2,(H,19,22). The van der Waals surface area contributed by atoms with E-state index >= 15 is 0 Å². The molecule has 22 heavy (non-hydrogen) atoms.